The SMILES string of the molecule is CCCCS(=O)(=O)N(C)CCc1c2c(cc3c1OCC3)OCC2. The fourth-order valence-electron chi connectivity index (χ4n) is 3.24. The van der Waals surface area contributed by atoms with Crippen LogP contribution in [0.5, 0.6) is 11.5 Å². The minimum Gasteiger partial charge on any atom is -0.493 e. The molecule has 0 aliphatic carbocycles. The molecule has 23 heavy (non-hydrogen) atoms. The van der Waals surface area contributed by atoms with Gasteiger partial charge in [0.25, 0.3) is 0 Å². The smallest absolute Gasteiger partial charge is 0.213 e. The topological polar surface area (TPSA) is 55.8 Å². The Morgan fingerprint density at radius 2 is 2.00 bits per heavy atom. The van der Waals surface area contributed by atoms with Gasteiger partial charge in [-0.25, -0.2) is 12.7 Å². The van der Waals surface area contributed by atoms with E-state index in [1.54, 1.807) is 7.05 Å². The minimum atomic E-state index is -3.16. The zero-order valence-electron chi connectivity index (χ0n) is 13.9. The van der Waals surface area contributed by atoms with Gasteiger partial charge in [0.15, 0.2) is 0 Å². The zero-order valence-corrected chi connectivity index (χ0v) is 14.7. The third-order valence-electron chi connectivity index (χ3n) is 4.67. The molecular formula is C17H25NO4S. The first-order valence-electron chi connectivity index (χ1n) is 8.40. The Bertz CT molecular complexity index is 652. The lowest BCUT2D eigenvalue weighted by Gasteiger charge is -2.19. The highest BCUT2D eigenvalue weighted by molar-refractivity contribution is 7.89. The Labute approximate surface area is 138 Å². The Morgan fingerprint density at radius 3 is 2.78 bits per heavy atom. The lowest BCUT2D eigenvalue weighted by atomic mass is 9.97. The molecule has 0 aromatic heterocycles. The number of hydrogen-bond donors (Lipinski definition) is 0. The largest absolute Gasteiger partial charge is 0.493 e. The van der Waals surface area contributed by atoms with Gasteiger partial charge in [0.05, 0.1) is 19.0 Å². The molecule has 1 aromatic carbocycles. The lowest BCUT2D eigenvalue weighted by Crippen LogP contribution is -2.31. The van der Waals surface area contributed by atoms with E-state index in [9.17, 15) is 8.42 Å². The molecule has 0 bridgehead atoms. The first kappa shape index (κ1) is 16.6. The highest BCUT2D eigenvalue weighted by Gasteiger charge is 2.27. The van der Waals surface area contributed by atoms with E-state index >= 15 is 0 Å². The molecule has 2 heterocycles. The number of nitrogens with zero attached hydrogens (tertiary/aromatic N) is 1. The molecular weight excluding hydrogens is 314 g/mol. The highest BCUT2D eigenvalue weighted by atomic mass is 32.2. The second kappa shape index (κ2) is 6.69. The van der Waals surface area contributed by atoms with Crippen LogP contribution in [-0.2, 0) is 29.3 Å². The zero-order chi connectivity index (χ0) is 16.4. The van der Waals surface area contributed by atoms with E-state index in [0.29, 0.717) is 32.6 Å². The molecule has 5 nitrogen and oxygen atoms in total. The van der Waals surface area contributed by atoms with E-state index in [0.717, 1.165) is 36.3 Å². The average molecular weight is 339 g/mol. The van der Waals surface area contributed by atoms with Crippen LogP contribution in [-0.4, -0.2) is 45.3 Å². The molecule has 0 fully saturated rings. The van der Waals surface area contributed by atoms with Crippen LogP contribution < -0.4 is 9.47 Å². The van der Waals surface area contributed by atoms with Crippen LogP contribution in [0.3, 0.4) is 0 Å². The van der Waals surface area contributed by atoms with Crippen LogP contribution in [0.1, 0.15) is 36.5 Å². The van der Waals surface area contributed by atoms with Crippen molar-refractivity contribution in [2.24, 2.45) is 0 Å². The second-order valence-corrected chi connectivity index (χ2v) is 8.45. The summed E-state index contributed by atoms with van der Waals surface area (Å²) < 4.78 is 37.5. The molecule has 0 saturated carbocycles. The molecule has 0 amide bonds. The molecule has 2 aliphatic rings. The molecule has 2 aliphatic heterocycles. The lowest BCUT2D eigenvalue weighted by molar-refractivity contribution is 0.351. The fraction of sp³-hybridized carbons (Fsp3) is 0.647. The van der Waals surface area contributed by atoms with Crippen LogP contribution >= 0.6 is 0 Å². The van der Waals surface area contributed by atoms with Gasteiger partial charge in [0.2, 0.25) is 10.0 Å². The van der Waals surface area contributed by atoms with Crippen LogP contribution in [0.4, 0.5) is 0 Å². The van der Waals surface area contributed by atoms with Gasteiger partial charge in [-0.05, 0) is 18.9 Å². The van der Waals surface area contributed by atoms with Gasteiger partial charge in [-0.2, -0.15) is 0 Å². The number of ether oxygens (including phenoxy) is 2. The van der Waals surface area contributed by atoms with Gasteiger partial charge >= 0.3 is 0 Å². The second-order valence-electron chi connectivity index (χ2n) is 6.26. The van der Waals surface area contributed by atoms with E-state index in [1.165, 1.54) is 15.4 Å². The van der Waals surface area contributed by atoms with Crippen molar-refractivity contribution in [3.05, 3.63) is 22.8 Å². The molecule has 0 spiro atoms. The van der Waals surface area contributed by atoms with Crippen molar-refractivity contribution in [1.82, 2.24) is 4.31 Å². The summed E-state index contributed by atoms with van der Waals surface area (Å²) in [7, 11) is -1.49. The Balaban J connectivity index is 1.76. The summed E-state index contributed by atoms with van der Waals surface area (Å²) in [4.78, 5) is 0. The third kappa shape index (κ3) is 3.33. The highest BCUT2D eigenvalue weighted by Crippen LogP contribution is 2.40. The normalized spacial score (nSPS) is 16.1. The first-order valence-corrected chi connectivity index (χ1v) is 10.0. The fourth-order valence-corrected chi connectivity index (χ4v) is 4.57. The number of sulfonamides is 1. The van der Waals surface area contributed by atoms with Gasteiger partial charge in [-0.3, -0.25) is 0 Å². The molecule has 3 rings (SSSR count). The summed E-state index contributed by atoms with van der Waals surface area (Å²) in [6, 6.07) is 2.09. The molecule has 0 atom stereocenters. The van der Waals surface area contributed by atoms with Crippen molar-refractivity contribution in [1.29, 1.82) is 0 Å². The van der Waals surface area contributed by atoms with Crippen LogP contribution in [0.25, 0.3) is 0 Å². The number of hydrogen-bond acceptors (Lipinski definition) is 4. The van der Waals surface area contributed by atoms with E-state index in [-0.39, 0.29) is 5.75 Å². The summed E-state index contributed by atoms with van der Waals surface area (Å²) in [5, 5.41) is 0. The summed E-state index contributed by atoms with van der Waals surface area (Å²) in [5.41, 5.74) is 3.53. The van der Waals surface area contributed by atoms with Crippen LogP contribution in [0.15, 0.2) is 6.07 Å². The standard InChI is InChI=1S/C17H25NO4S/c1-3-4-11-23(19,20)18(2)8-5-15-14-7-10-21-16(14)12-13-6-9-22-17(13)15/h12H,3-11H2,1-2H3. The molecule has 0 unspecified atom stereocenters. The number of benzene rings is 1. The van der Waals surface area contributed by atoms with E-state index in [1.807, 2.05) is 6.92 Å². The molecule has 0 N–H and O–H groups in total. The maximum atomic E-state index is 12.2. The van der Waals surface area contributed by atoms with E-state index in [4.69, 9.17) is 9.47 Å². The van der Waals surface area contributed by atoms with Gasteiger partial charge in [0.1, 0.15) is 11.5 Å². The van der Waals surface area contributed by atoms with Crippen molar-refractivity contribution >= 4 is 10.0 Å². The van der Waals surface area contributed by atoms with Crippen LogP contribution in [0.2, 0.25) is 0 Å². The first-order chi connectivity index (χ1) is 11.0. The Morgan fingerprint density at radius 1 is 1.22 bits per heavy atom. The van der Waals surface area contributed by atoms with Crippen molar-refractivity contribution in [2.75, 3.05) is 32.6 Å². The predicted molar refractivity (Wildman–Crippen MR) is 89.9 cm³/mol. The number of unbranched alkanes of at least 4 members (excludes halogenated alkanes) is 1. The molecule has 1 aromatic rings. The quantitative estimate of drug-likeness (QED) is 0.764. The summed E-state index contributed by atoms with van der Waals surface area (Å²) in [6.45, 7) is 3.90. The van der Waals surface area contributed by atoms with E-state index < -0.39 is 10.0 Å². The predicted octanol–water partition coefficient (Wildman–Crippen LogP) is 2.16. The molecule has 0 radical (unpaired) electrons. The van der Waals surface area contributed by atoms with Gasteiger partial charge in [0, 0.05) is 43.1 Å². The summed E-state index contributed by atoms with van der Waals surface area (Å²) >= 11 is 0. The third-order valence-corrected chi connectivity index (χ3v) is 6.60. The van der Waals surface area contributed by atoms with Gasteiger partial charge < -0.3 is 9.47 Å². The Hall–Kier alpha value is -1.27. The van der Waals surface area contributed by atoms with Crippen molar-refractivity contribution in [2.45, 2.75) is 39.0 Å². The van der Waals surface area contributed by atoms with Crippen molar-refractivity contribution in [3.63, 3.8) is 0 Å². The molecule has 128 valence electrons. The summed E-state index contributed by atoms with van der Waals surface area (Å²) in [5.74, 6) is 2.15. The van der Waals surface area contributed by atoms with Gasteiger partial charge in [-0.1, -0.05) is 13.3 Å². The molecule has 0 saturated heterocycles. The summed E-state index contributed by atoms with van der Waals surface area (Å²) in [6.07, 6.45) is 4.06. The average Bonchev–Trinajstić information content (AvgIpc) is 3.17. The number of likely N-dealkylation sites (N-methyl/N-ethyl adjacent to an activating group) is 1. The van der Waals surface area contributed by atoms with Crippen molar-refractivity contribution in [3.8, 4) is 11.5 Å². The van der Waals surface area contributed by atoms with Crippen LogP contribution in [0, 0.1) is 0 Å². The van der Waals surface area contributed by atoms with Gasteiger partial charge in [-0.15, -0.1) is 0 Å². The molecule has 6 heteroatoms. The number of rotatable bonds is 7. The minimum absolute atomic E-state index is 0.227. The maximum absolute atomic E-state index is 12.2. The van der Waals surface area contributed by atoms with Crippen molar-refractivity contribution < 1.29 is 17.9 Å². The van der Waals surface area contributed by atoms with E-state index in [2.05, 4.69) is 6.07 Å². The monoisotopic (exact) mass is 339 g/mol. The number of fused-ring (bicyclic) bond motifs is 2. The maximum Gasteiger partial charge on any atom is 0.213 e. The Kier molecular flexibility index (Phi) is 4.82.